The maximum Gasteiger partial charge on any atom is 0.410 e. The van der Waals surface area contributed by atoms with Crippen LogP contribution in [0.2, 0.25) is 0 Å². The van der Waals surface area contributed by atoms with Crippen LogP contribution in [0.5, 0.6) is 0 Å². The molecule has 0 fully saturated rings. The number of amides is 1. The smallest absolute Gasteiger partial charge is 0.410 e. The highest BCUT2D eigenvalue weighted by Crippen LogP contribution is 2.25. The molecular weight excluding hydrogens is 247 g/mol. The van der Waals surface area contributed by atoms with Crippen LogP contribution in [0.3, 0.4) is 0 Å². The third kappa shape index (κ3) is 7.40. The molecule has 0 bridgehead atoms. The van der Waals surface area contributed by atoms with Crippen LogP contribution in [0.15, 0.2) is 0 Å². The van der Waals surface area contributed by atoms with Crippen molar-refractivity contribution in [1.82, 2.24) is 4.90 Å². The molecule has 0 aliphatic rings. The topological polar surface area (TPSA) is 29.5 Å². The quantitative estimate of drug-likeness (QED) is 0.772. The SMILES string of the molecule is CCCN(C(=O)OC(C)(C)C)[C@@H](C)CC(F)(F)F. The number of carbonyl (C=O) groups excluding carboxylic acids is 1. The van der Waals surface area contributed by atoms with Gasteiger partial charge in [0.05, 0.1) is 6.42 Å². The van der Waals surface area contributed by atoms with Gasteiger partial charge in [-0.2, -0.15) is 13.2 Å². The fourth-order valence-electron chi connectivity index (χ4n) is 1.50. The minimum absolute atomic E-state index is 0.256. The standard InChI is InChI=1S/C12H22F3NO2/c1-6-7-16(9(2)8-12(13,14)15)10(17)18-11(3,4)5/h9H,6-8H2,1-5H3/t9-/m0/s1. The predicted molar refractivity (Wildman–Crippen MR) is 63.4 cm³/mol. The van der Waals surface area contributed by atoms with Gasteiger partial charge in [-0.25, -0.2) is 4.79 Å². The normalized spacial score (nSPS) is 14.2. The lowest BCUT2D eigenvalue weighted by molar-refractivity contribution is -0.145. The molecule has 0 heterocycles. The number of ether oxygens (including phenoxy) is 1. The largest absolute Gasteiger partial charge is 0.444 e. The fourth-order valence-corrected chi connectivity index (χ4v) is 1.50. The predicted octanol–water partition coefficient (Wildman–Crippen LogP) is 3.97. The van der Waals surface area contributed by atoms with E-state index in [2.05, 4.69) is 0 Å². The second-order valence-corrected chi connectivity index (χ2v) is 5.34. The third-order valence-corrected chi connectivity index (χ3v) is 2.15. The average molecular weight is 269 g/mol. The van der Waals surface area contributed by atoms with Crippen molar-refractivity contribution in [2.24, 2.45) is 0 Å². The first-order chi connectivity index (χ1) is 7.96. The lowest BCUT2D eigenvalue weighted by Crippen LogP contribution is -2.44. The summed E-state index contributed by atoms with van der Waals surface area (Å²) >= 11 is 0. The van der Waals surface area contributed by atoms with Crippen molar-refractivity contribution in [2.75, 3.05) is 6.54 Å². The molecular formula is C12H22F3NO2. The summed E-state index contributed by atoms with van der Waals surface area (Å²) in [7, 11) is 0. The summed E-state index contributed by atoms with van der Waals surface area (Å²) in [4.78, 5) is 13.0. The van der Waals surface area contributed by atoms with Gasteiger partial charge in [0.1, 0.15) is 5.60 Å². The monoisotopic (exact) mass is 269 g/mol. The first-order valence-electron chi connectivity index (χ1n) is 6.02. The molecule has 6 heteroatoms. The second kappa shape index (κ2) is 6.29. The number of nitrogens with zero attached hydrogens (tertiary/aromatic N) is 1. The molecule has 0 aliphatic carbocycles. The van der Waals surface area contributed by atoms with Gasteiger partial charge < -0.3 is 9.64 Å². The van der Waals surface area contributed by atoms with Gasteiger partial charge in [0.2, 0.25) is 0 Å². The van der Waals surface area contributed by atoms with Crippen molar-refractivity contribution in [3.05, 3.63) is 0 Å². The van der Waals surface area contributed by atoms with Crippen LogP contribution in [0, 0.1) is 0 Å². The van der Waals surface area contributed by atoms with E-state index < -0.39 is 30.3 Å². The van der Waals surface area contributed by atoms with E-state index in [0.717, 1.165) is 4.90 Å². The van der Waals surface area contributed by atoms with Crippen molar-refractivity contribution < 1.29 is 22.7 Å². The van der Waals surface area contributed by atoms with Gasteiger partial charge in [-0.1, -0.05) is 6.92 Å². The van der Waals surface area contributed by atoms with E-state index in [0.29, 0.717) is 6.42 Å². The number of hydrogen-bond donors (Lipinski definition) is 0. The molecule has 18 heavy (non-hydrogen) atoms. The van der Waals surface area contributed by atoms with Crippen LogP contribution in [-0.4, -0.2) is 35.4 Å². The Morgan fingerprint density at radius 1 is 1.28 bits per heavy atom. The van der Waals surface area contributed by atoms with E-state index >= 15 is 0 Å². The first-order valence-corrected chi connectivity index (χ1v) is 6.02. The van der Waals surface area contributed by atoms with Crippen LogP contribution in [0.25, 0.3) is 0 Å². The van der Waals surface area contributed by atoms with E-state index in [-0.39, 0.29) is 6.54 Å². The van der Waals surface area contributed by atoms with Crippen molar-refractivity contribution in [3.63, 3.8) is 0 Å². The van der Waals surface area contributed by atoms with Crippen LogP contribution >= 0.6 is 0 Å². The number of rotatable bonds is 4. The van der Waals surface area contributed by atoms with Crippen molar-refractivity contribution in [1.29, 1.82) is 0 Å². The summed E-state index contributed by atoms with van der Waals surface area (Å²) in [6.07, 6.45) is -5.41. The van der Waals surface area contributed by atoms with E-state index in [9.17, 15) is 18.0 Å². The Kier molecular flexibility index (Phi) is 5.96. The highest BCUT2D eigenvalue weighted by molar-refractivity contribution is 5.68. The van der Waals surface area contributed by atoms with E-state index in [4.69, 9.17) is 4.74 Å². The Labute approximate surface area is 106 Å². The van der Waals surface area contributed by atoms with Crippen LogP contribution in [-0.2, 0) is 4.74 Å². The van der Waals surface area contributed by atoms with Crippen LogP contribution in [0.1, 0.15) is 47.5 Å². The van der Waals surface area contributed by atoms with Gasteiger partial charge in [-0.05, 0) is 34.1 Å². The van der Waals surface area contributed by atoms with E-state index in [1.165, 1.54) is 6.92 Å². The molecule has 0 aromatic heterocycles. The molecule has 0 rings (SSSR count). The van der Waals surface area contributed by atoms with Crippen LogP contribution in [0.4, 0.5) is 18.0 Å². The zero-order valence-electron chi connectivity index (χ0n) is 11.6. The highest BCUT2D eigenvalue weighted by Gasteiger charge is 2.35. The molecule has 0 N–H and O–H groups in total. The van der Waals surface area contributed by atoms with Gasteiger partial charge in [0, 0.05) is 12.6 Å². The zero-order chi connectivity index (χ0) is 14.6. The third-order valence-electron chi connectivity index (χ3n) is 2.15. The van der Waals surface area contributed by atoms with Gasteiger partial charge >= 0.3 is 12.3 Å². The fraction of sp³-hybridized carbons (Fsp3) is 0.917. The molecule has 0 spiro atoms. The van der Waals surface area contributed by atoms with Crippen molar-refractivity contribution in [2.45, 2.75) is 65.3 Å². The number of alkyl halides is 3. The van der Waals surface area contributed by atoms with E-state index in [1.807, 2.05) is 0 Å². The molecule has 1 atom stereocenters. The van der Waals surface area contributed by atoms with E-state index in [1.54, 1.807) is 27.7 Å². The minimum Gasteiger partial charge on any atom is -0.444 e. The summed E-state index contributed by atoms with van der Waals surface area (Å²) in [6.45, 7) is 8.49. The van der Waals surface area contributed by atoms with Gasteiger partial charge in [0.25, 0.3) is 0 Å². The lowest BCUT2D eigenvalue weighted by atomic mass is 10.2. The Morgan fingerprint density at radius 2 is 1.78 bits per heavy atom. The number of carbonyl (C=O) groups is 1. The summed E-state index contributed by atoms with van der Waals surface area (Å²) < 4.78 is 42.1. The molecule has 1 amide bonds. The summed E-state index contributed by atoms with van der Waals surface area (Å²) in [6, 6.07) is -0.917. The maximum atomic E-state index is 12.3. The zero-order valence-corrected chi connectivity index (χ0v) is 11.6. The molecule has 0 unspecified atom stereocenters. The number of halogens is 3. The average Bonchev–Trinajstić information content (AvgIpc) is 2.07. The Bertz CT molecular complexity index is 271. The molecule has 0 saturated heterocycles. The summed E-state index contributed by atoms with van der Waals surface area (Å²) in [5, 5.41) is 0. The summed E-state index contributed by atoms with van der Waals surface area (Å²) in [5.41, 5.74) is -0.707. The molecule has 0 aliphatic heterocycles. The molecule has 0 aromatic rings. The van der Waals surface area contributed by atoms with Gasteiger partial charge in [-0.15, -0.1) is 0 Å². The Morgan fingerprint density at radius 3 is 2.11 bits per heavy atom. The second-order valence-electron chi connectivity index (χ2n) is 5.34. The summed E-state index contributed by atoms with van der Waals surface area (Å²) in [5.74, 6) is 0. The van der Waals surface area contributed by atoms with Crippen molar-refractivity contribution in [3.8, 4) is 0 Å². The molecule has 3 nitrogen and oxygen atoms in total. The highest BCUT2D eigenvalue weighted by atomic mass is 19.4. The molecule has 0 saturated carbocycles. The number of hydrogen-bond acceptors (Lipinski definition) is 2. The molecule has 0 aromatic carbocycles. The van der Waals surface area contributed by atoms with Crippen LogP contribution < -0.4 is 0 Å². The Hall–Kier alpha value is -0.940. The van der Waals surface area contributed by atoms with Gasteiger partial charge in [-0.3, -0.25) is 0 Å². The Balaban J connectivity index is 4.69. The molecule has 108 valence electrons. The van der Waals surface area contributed by atoms with Crippen molar-refractivity contribution >= 4 is 6.09 Å². The lowest BCUT2D eigenvalue weighted by Gasteiger charge is -2.31. The van der Waals surface area contributed by atoms with Gasteiger partial charge in [0.15, 0.2) is 0 Å². The maximum absolute atomic E-state index is 12.3. The molecule has 0 radical (unpaired) electrons. The minimum atomic E-state index is -4.28. The first kappa shape index (κ1) is 17.1.